The molecule has 26 heavy (non-hydrogen) atoms. The number of nitriles is 1. The van der Waals surface area contributed by atoms with Crippen molar-refractivity contribution in [3.63, 3.8) is 0 Å². The molecule has 2 aromatic carbocycles. The van der Waals surface area contributed by atoms with E-state index in [-0.39, 0.29) is 16.9 Å². The zero-order valence-corrected chi connectivity index (χ0v) is 14.4. The van der Waals surface area contributed by atoms with Crippen LogP contribution < -0.4 is 10.5 Å². The molecule has 0 aliphatic rings. The van der Waals surface area contributed by atoms with Crippen molar-refractivity contribution < 1.29 is 14.3 Å². The second-order valence-electron chi connectivity index (χ2n) is 5.53. The monoisotopic (exact) mass is 347 g/mol. The molecule has 0 radical (unpaired) electrons. The Morgan fingerprint density at radius 2 is 1.88 bits per heavy atom. The van der Waals surface area contributed by atoms with E-state index in [1.54, 1.807) is 17.7 Å². The standard InChI is InChI=1S/C20H17N3O3/c1-25-15-8-9-16(13-6-4-3-5-7-13)17(10-15)23-12-14(11-21)18(22)19(23)20(24)26-2/h3-10,12H,22H2,1-2H3. The van der Waals surface area contributed by atoms with Gasteiger partial charge in [0, 0.05) is 17.8 Å². The van der Waals surface area contributed by atoms with Gasteiger partial charge in [-0.05, 0) is 17.7 Å². The van der Waals surface area contributed by atoms with Crippen LogP contribution in [0.15, 0.2) is 54.7 Å². The fraction of sp³-hybridized carbons (Fsp3) is 0.100. The SMILES string of the molecule is COC(=O)c1c(N)c(C#N)cn1-c1cc(OC)ccc1-c1ccccc1. The molecule has 0 unspecified atom stereocenters. The highest BCUT2D eigenvalue weighted by Gasteiger charge is 2.23. The van der Waals surface area contributed by atoms with E-state index in [0.717, 1.165) is 11.1 Å². The molecule has 0 saturated heterocycles. The van der Waals surface area contributed by atoms with Crippen molar-refractivity contribution >= 4 is 11.7 Å². The van der Waals surface area contributed by atoms with Gasteiger partial charge in [-0.3, -0.25) is 0 Å². The molecule has 0 aliphatic carbocycles. The molecule has 1 heterocycles. The molecule has 6 heteroatoms. The predicted octanol–water partition coefficient (Wildman–Crippen LogP) is 3.39. The number of hydrogen-bond donors (Lipinski definition) is 1. The average Bonchev–Trinajstić information content (AvgIpc) is 3.03. The lowest BCUT2D eigenvalue weighted by Gasteiger charge is -2.15. The number of aromatic nitrogens is 1. The highest BCUT2D eigenvalue weighted by molar-refractivity contribution is 5.96. The molecule has 3 rings (SSSR count). The van der Waals surface area contributed by atoms with Crippen molar-refractivity contribution in [2.45, 2.75) is 0 Å². The zero-order chi connectivity index (χ0) is 18.7. The highest BCUT2D eigenvalue weighted by atomic mass is 16.5. The Morgan fingerprint density at radius 1 is 1.15 bits per heavy atom. The lowest BCUT2D eigenvalue weighted by molar-refractivity contribution is 0.0593. The summed E-state index contributed by atoms with van der Waals surface area (Å²) >= 11 is 0. The van der Waals surface area contributed by atoms with Crippen molar-refractivity contribution in [2.24, 2.45) is 0 Å². The van der Waals surface area contributed by atoms with Gasteiger partial charge >= 0.3 is 5.97 Å². The van der Waals surface area contributed by atoms with Crippen LogP contribution in [0.3, 0.4) is 0 Å². The maximum atomic E-state index is 12.3. The van der Waals surface area contributed by atoms with Gasteiger partial charge in [0.2, 0.25) is 0 Å². The molecular weight excluding hydrogens is 330 g/mol. The van der Waals surface area contributed by atoms with Crippen LogP contribution in [-0.4, -0.2) is 24.8 Å². The van der Waals surface area contributed by atoms with Crippen molar-refractivity contribution in [3.8, 4) is 28.6 Å². The maximum Gasteiger partial charge on any atom is 0.357 e. The summed E-state index contributed by atoms with van der Waals surface area (Å²) in [6, 6.07) is 17.2. The first-order valence-electron chi connectivity index (χ1n) is 7.83. The van der Waals surface area contributed by atoms with Crippen molar-refractivity contribution in [2.75, 3.05) is 20.0 Å². The smallest absolute Gasteiger partial charge is 0.357 e. The van der Waals surface area contributed by atoms with Crippen LogP contribution in [0, 0.1) is 11.3 Å². The fourth-order valence-corrected chi connectivity index (χ4v) is 2.80. The summed E-state index contributed by atoms with van der Waals surface area (Å²) in [5.74, 6) is -0.00731. The quantitative estimate of drug-likeness (QED) is 0.731. The van der Waals surface area contributed by atoms with Crippen LogP contribution in [-0.2, 0) is 4.74 Å². The van der Waals surface area contributed by atoms with Crippen molar-refractivity contribution in [3.05, 3.63) is 66.0 Å². The number of ether oxygens (including phenoxy) is 2. The summed E-state index contributed by atoms with van der Waals surface area (Å²) in [6.07, 6.45) is 1.53. The Kier molecular flexibility index (Phi) is 4.63. The van der Waals surface area contributed by atoms with E-state index in [4.69, 9.17) is 15.2 Å². The number of carbonyl (C=O) groups is 1. The second-order valence-corrected chi connectivity index (χ2v) is 5.53. The van der Waals surface area contributed by atoms with Gasteiger partial charge in [-0.15, -0.1) is 0 Å². The lowest BCUT2D eigenvalue weighted by atomic mass is 10.0. The topological polar surface area (TPSA) is 90.3 Å². The number of benzene rings is 2. The maximum absolute atomic E-state index is 12.3. The number of methoxy groups -OCH3 is 2. The van der Waals surface area contributed by atoms with E-state index in [2.05, 4.69) is 0 Å². The molecule has 6 nitrogen and oxygen atoms in total. The number of esters is 1. The van der Waals surface area contributed by atoms with Crippen LogP contribution in [0.2, 0.25) is 0 Å². The van der Waals surface area contributed by atoms with Crippen LogP contribution in [0.1, 0.15) is 16.1 Å². The number of nitrogens with two attached hydrogens (primary N) is 1. The molecule has 130 valence electrons. The van der Waals surface area contributed by atoms with E-state index in [9.17, 15) is 10.1 Å². The van der Waals surface area contributed by atoms with Gasteiger partial charge in [-0.2, -0.15) is 5.26 Å². The van der Waals surface area contributed by atoms with E-state index in [1.165, 1.54) is 13.3 Å². The minimum atomic E-state index is -0.620. The summed E-state index contributed by atoms with van der Waals surface area (Å²) in [7, 11) is 2.84. The third-order valence-corrected chi connectivity index (χ3v) is 4.09. The predicted molar refractivity (Wildman–Crippen MR) is 98.2 cm³/mol. The first kappa shape index (κ1) is 17.1. The summed E-state index contributed by atoms with van der Waals surface area (Å²) < 4.78 is 11.8. The first-order chi connectivity index (χ1) is 12.6. The molecule has 0 atom stereocenters. The Balaban J connectivity index is 2.33. The fourth-order valence-electron chi connectivity index (χ4n) is 2.80. The molecule has 0 aliphatic heterocycles. The number of nitrogens with zero attached hydrogens (tertiary/aromatic N) is 2. The van der Waals surface area contributed by atoms with Gasteiger partial charge in [0.1, 0.15) is 11.8 Å². The zero-order valence-electron chi connectivity index (χ0n) is 14.4. The van der Waals surface area contributed by atoms with Crippen molar-refractivity contribution in [1.82, 2.24) is 4.57 Å². The minimum Gasteiger partial charge on any atom is -0.497 e. The Morgan fingerprint density at radius 3 is 2.50 bits per heavy atom. The van der Waals surface area contributed by atoms with Gasteiger partial charge in [-0.25, -0.2) is 4.79 Å². The molecule has 0 spiro atoms. The first-order valence-corrected chi connectivity index (χ1v) is 7.83. The summed E-state index contributed by atoms with van der Waals surface area (Å²) in [5.41, 5.74) is 8.87. The van der Waals surface area contributed by atoms with Crippen molar-refractivity contribution in [1.29, 1.82) is 5.26 Å². The number of anilines is 1. The molecule has 0 saturated carbocycles. The van der Waals surface area contributed by atoms with Crippen LogP contribution >= 0.6 is 0 Å². The Labute approximate surface area is 151 Å². The third kappa shape index (κ3) is 2.87. The van der Waals surface area contributed by atoms with E-state index < -0.39 is 5.97 Å². The summed E-state index contributed by atoms with van der Waals surface area (Å²) in [6.45, 7) is 0. The van der Waals surface area contributed by atoms with Gasteiger partial charge in [0.15, 0.2) is 5.69 Å². The van der Waals surface area contributed by atoms with Gasteiger partial charge in [0.05, 0.1) is 31.2 Å². The number of hydrogen-bond acceptors (Lipinski definition) is 5. The highest BCUT2D eigenvalue weighted by Crippen LogP contribution is 2.34. The Hall–Kier alpha value is -3.72. The van der Waals surface area contributed by atoms with E-state index >= 15 is 0 Å². The summed E-state index contributed by atoms with van der Waals surface area (Å²) in [5, 5.41) is 9.32. The number of rotatable bonds is 4. The third-order valence-electron chi connectivity index (χ3n) is 4.09. The van der Waals surface area contributed by atoms with Crippen LogP contribution in [0.5, 0.6) is 5.75 Å². The molecule has 0 bridgehead atoms. The molecule has 0 amide bonds. The van der Waals surface area contributed by atoms with Gasteiger partial charge < -0.3 is 19.8 Å². The number of carbonyl (C=O) groups excluding carboxylic acids is 1. The molecule has 2 N–H and O–H groups in total. The van der Waals surface area contributed by atoms with Gasteiger partial charge in [0.25, 0.3) is 0 Å². The molecular formula is C20H17N3O3. The molecule has 1 aromatic heterocycles. The molecule has 3 aromatic rings. The second kappa shape index (κ2) is 7.03. The van der Waals surface area contributed by atoms with Gasteiger partial charge in [-0.1, -0.05) is 30.3 Å². The Bertz CT molecular complexity index is 1000. The lowest BCUT2D eigenvalue weighted by Crippen LogP contribution is -2.11. The minimum absolute atomic E-state index is 0.0844. The average molecular weight is 347 g/mol. The van der Waals surface area contributed by atoms with Crippen LogP contribution in [0.25, 0.3) is 16.8 Å². The van der Waals surface area contributed by atoms with E-state index in [1.807, 2.05) is 48.5 Å². The van der Waals surface area contributed by atoms with E-state index in [0.29, 0.717) is 11.4 Å². The molecule has 0 fully saturated rings. The summed E-state index contributed by atoms with van der Waals surface area (Å²) in [4.78, 5) is 12.3. The van der Waals surface area contributed by atoms with Crippen LogP contribution in [0.4, 0.5) is 5.69 Å². The largest absolute Gasteiger partial charge is 0.497 e. The normalized spacial score (nSPS) is 10.2. The number of nitrogen functional groups attached to an aromatic ring is 1.